The molecule has 0 radical (unpaired) electrons. The Labute approximate surface area is 163 Å². The summed E-state index contributed by atoms with van der Waals surface area (Å²) >= 11 is 5.83. The molecule has 27 heavy (non-hydrogen) atoms. The highest BCUT2D eigenvalue weighted by molar-refractivity contribution is 7.42. The molecule has 9 heteroatoms. The molecule has 144 valence electrons. The Bertz CT molecular complexity index is 740. The highest BCUT2D eigenvalue weighted by Gasteiger charge is 2.14. The van der Waals surface area contributed by atoms with Crippen LogP contribution in [-0.2, 0) is 9.36 Å². The molecular weight excluding hydrogens is 391 g/mol. The van der Waals surface area contributed by atoms with Crippen molar-refractivity contribution >= 4 is 25.5 Å². The summed E-state index contributed by atoms with van der Waals surface area (Å²) in [6.07, 6.45) is 0.289. The summed E-state index contributed by atoms with van der Waals surface area (Å²) in [6, 6.07) is 13.9. The Morgan fingerprint density at radius 1 is 1.00 bits per heavy atom. The van der Waals surface area contributed by atoms with Crippen molar-refractivity contribution in [3.05, 3.63) is 53.6 Å². The van der Waals surface area contributed by atoms with Gasteiger partial charge in [0.05, 0.1) is 19.7 Å². The SMILES string of the molecule is O=C(COc1ccc(Oc2ccc(Cl)cc2)cc1)NCC[P+](=O)NCCO. The van der Waals surface area contributed by atoms with Crippen LogP contribution in [0.2, 0.25) is 5.02 Å². The molecule has 0 saturated heterocycles. The predicted octanol–water partition coefficient (Wildman–Crippen LogP) is 2.95. The molecule has 1 amide bonds. The van der Waals surface area contributed by atoms with Gasteiger partial charge in [-0.2, -0.15) is 0 Å². The highest BCUT2D eigenvalue weighted by atomic mass is 35.5. The molecule has 0 bridgehead atoms. The normalized spacial score (nSPS) is 11.0. The maximum absolute atomic E-state index is 11.7. The Hall–Kier alpha value is -2.18. The van der Waals surface area contributed by atoms with Gasteiger partial charge in [0.15, 0.2) is 12.8 Å². The molecule has 0 heterocycles. The van der Waals surface area contributed by atoms with Crippen molar-refractivity contribution < 1.29 is 23.9 Å². The lowest BCUT2D eigenvalue weighted by Crippen LogP contribution is -2.31. The third kappa shape index (κ3) is 8.37. The minimum Gasteiger partial charge on any atom is -0.484 e. The van der Waals surface area contributed by atoms with Gasteiger partial charge < -0.3 is 19.9 Å². The monoisotopic (exact) mass is 411 g/mol. The van der Waals surface area contributed by atoms with Crippen LogP contribution in [-0.4, -0.2) is 43.5 Å². The van der Waals surface area contributed by atoms with Crippen LogP contribution in [0.25, 0.3) is 0 Å². The van der Waals surface area contributed by atoms with Gasteiger partial charge in [-0.05, 0) is 48.5 Å². The van der Waals surface area contributed by atoms with E-state index in [0.29, 0.717) is 22.3 Å². The van der Waals surface area contributed by atoms with Crippen LogP contribution < -0.4 is 19.9 Å². The summed E-state index contributed by atoms with van der Waals surface area (Å²) in [7, 11) is -1.63. The number of carbonyl (C=O) groups excluding carboxylic acids is 1. The van der Waals surface area contributed by atoms with Gasteiger partial charge in [0.2, 0.25) is 0 Å². The number of amides is 1. The fraction of sp³-hybridized carbons (Fsp3) is 0.278. The Kier molecular flexibility index (Phi) is 9.01. The molecule has 0 spiro atoms. The number of rotatable bonds is 11. The number of carbonyl (C=O) groups is 1. The minimum absolute atomic E-state index is 0.0786. The van der Waals surface area contributed by atoms with Crippen LogP contribution in [0.1, 0.15) is 0 Å². The smallest absolute Gasteiger partial charge is 0.434 e. The van der Waals surface area contributed by atoms with Gasteiger partial charge in [0.1, 0.15) is 17.2 Å². The third-order valence-corrected chi connectivity index (χ3v) is 4.74. The summed E-state index contributed by atoms with van der Waals surface area (Å²) in [5, 5.41) is 14.5. The first-order valence-corrected chi connectivity index (χ1v) is 10.1. The van der Waals surface area contributed by atoms with Gasteiger partial charge in [-0.15, -0.1) is 5.09 Å². The van der Waals surface area contributed by atoms with E-state index >= 15 is 0 Å². The molecule has 0 aliphatic carbocycles. The maximum Gasteiger partial charge on any atom is 0.434 e. The number of halogens is 1. The number of hydrogen-bond donors (Lipinski definition) is 3. The molecule has 0 aliphatic heterocycles. The largest absolute Gasteiger partial charge is 0.484 e. The molecule has 2 aromatic carbocycles. The number of benzene rings is 2. The zero-order valence-corrected chi connectivity index (χ0v) is 16.2. The van der Waals surface area contributed by atoms with E-state index in [4.69, 9.17) is 26.2 Å². The predicted molar refractivity (Wildman–Crippen MR) is 104 cm³/mol. The van der Waals surface area contributed by atoms with Crippen molar-refractivity contribution in [3.63, 3.8) is 0 Å². The van der Waals surface area contributed by atoms with Crippen molar-refractivity contribution in [2.75, 3.05) is 32.5 Å². The molecule has 7 nitrogen and oxygen atoms in total. The Morgan fingerprint density at radius 2 is 1.59 bits per heavy atom. The summed E-state index contributed by atoms with van der Waals surface area (Å²) in [4.78, 5) is 11.7. The van der Waals surface area contributed by atoms with Crippen LogP contribution >= 0.6 is 19.6 Å². The van der Waals surface area contributed by atoms with Crippen molar-refractivity contribution in [1.82, 2.24) is 10.4 Å². The van der Waals surface area contributed by atoms with E-state index in [2.05, 4.69) is 10.4 Å². The van der Waals surface area contributed by atoms with Crippen LogP contribution in [0.4, 0.5) is 0 Å². The van der Waals surface area contributed by atoms with Crippen LogP contribution in [0.15, 0.2) is 48.5 Å². The average Bonchev–Trinajstić information content (AvgIpc) is 2.67. The first-order valence-electron chi connectivity index (χ1n) is 8.29. The maximum atomic E-state index is 11.7. The average molecular weight is 412 g/mol. The lowest BCUT2D eigenvalue weighted by molar-refractivity contribution is -0.122. The number of aliphatic hydroxyl groups is 1. The molecule has 2 rings (SSSR count). The second kappa shape index (κ2) is 11.5. The van der Waals surface area contributed by atoms with Gasteiger partial charge >= 0.3 is 7.95 Å². The third-order valence-electron chi connectivity index (χ3n) is 3.28. The zero-order valence-electron chi connectivity index (χ0n) is 14.6. The lowest BCUT2D eigenvalue weighted by atomic mass is 10.3. The standard InChI is InChI=1S/C18H20ClN2O5P/c19-14-1-3-16(4-2-14)26-17-7-5-15(6-8-17)25-13-18(23)20-10-12-27(24)21-9-11-22/h1-8,22H,9-13H2,(H-,20,21,23,24)/p+1. The van der Waals surface area contributed by atoms with Gasteiger partial charge in [-0.3, -0.25) is 4.79 Å². The lowest BCUT2D eigenvalue weighted by Gasteiger charge is -2.08. The highest BCUT2D eigenvalue weighted by Crippen LogP contribution is 2.25. The second-order valence-electron chi connectivity index (χ2n) is 5.40. The van der Waals surface area contributed by atoms with E-state index in [0.717, 1.165) is 0 Å². The van der Waals surface area contributed by atoms with Gasteiger partial charge in [0.25, 0.3) is 5.91 Å². The number of aliphatic hydroxyl groups excluding tert-OH is 1. The van der Waals surface area contributed by atoms with E-state index < -0.39 is 7.95 Å². The topological polar surface area (TPSA) is 96.9 Å². The molecule has 0 saturated carbocycles. The van der Waals surface area contributed by atoms with Crippen molar-refractivity contribution in [2.24, 2.45) is 0 Å². The van der Waals surface area contributed by atoms with E-state index in [1.165, 1.54) is 0 Å². The fourth-order valence-corrected chi connectivity index (χ4v) is 2.94. The van der Waals surface area contributed by atoms with Crippen LogP contribution in [0, 0.1) is 0 Å². The number of hydrogen-bond acceptors (Lipinski definition) is 5. The molecule has 3 N–H and O–H groups in total. The Balaban J connectivity index is 1.69. The van der Waals surface area contributed by atoms with Crippen molar-refractivity contribution in [2.45, 2.75) is 0 Å². The molecule has 1 unspecified atom stereocenters. The quantitative estimate of drug-likeness (QED) is 0.492. The first-order chi connectivity index (χ1) is 13.1. The second-order valence-corrected chi connectivity index (χ2v) is 7.36. The van der Waals surface area contributed by atoms with Crippen molar-refractivity contribution in [1.29, 1.82) is 0 Å². The van der Waals surface area contributed by atoms with Crippen LogP contribution in [0.3, 0.4) is 0 Å². The molecule has 0 aliphatic rings. The molecule has 0 aromatic heterocycles. The summed E-state index contributed by atoms with van der Waals surface area (Å²) < 4.78 is 22.5. The minimum atomic E-state index is -1.63. The summed E-state index contributed by atoms with van der Waals surface area (Å²) in [6.45, 7) is 0.316. The zero-order chi connectivity index (χ0) is 19.5. The Morgan fingerprint density at radius 3 is 2.22 bits per heavy atom. The summed E-state index contributed by atoms with van der Waals surface area (Å²) in [5.41, 5.74) is 0. The van der Waals surface area contributed by atoms with Crippen molar-refractivity contribution in [3.8, 4) is 17.2 Å². The van der Waals surface area contributed by atoms with Gasteiger partial charge in [-0.25, -0.2) is 0 Å². The van der Waals surface area contributed by atoms with Crippen LogP contribution in [0.5, 0.6) is 17.2 Å². The molecule has 2 aromatic rings. The van der Waals surface area contributed by atoms with Gasteiger partial charge in [0, 0.05) is 5.02 Å². The van der Waals surface area contributed by atoms with E-state index in [-0.39, 0.29) is 38.4 Å². The van der Waals surface area contributed by atoms with Gasteiger partial charge in [-0.1, -0.05) is 16.2 Å². The fourth-order valence-electron chi connectivity index (χ4n) is 1.99. The molecule has 0 fully saturated rings. The summed E-state index contributed by atoms with van der Waals surface area (Å²) in [5.74, 6) is 1.53. The first kappa shape index (κ1) is 21.1. The number of ether oxygens (including phenoxy) is 2. The van der Waals surface area contributed by atoms with E-state index in [9.17, 15) is 9.36 Å². The molecule has 1 atom stereocenters. The van der Waals surface area contributed by atoms with E-state index in [1.54, 1.807) is 48.5 Å². The molecular formula is C18H21ClN2O5P+. The van der Waals surface area contributed by atoms with E-state index in [1.807, 2.05) is 0 Å². The number of nitrogens with one attached hydrogen (secondary N) is 2.